The van der Waals surface area contributed by atoms with Crippen molar-refractivity contribution in [1.29, 1.82) is 0 Å². The second-order valence-electron chi connectivity index (χ2n) is 5.73. The van der Waals surface area contributed by atoms with E-state index in [1.807, 2.05) is 6.92 Å². The molecule has 2 aromatic heterocycles. The number of anilines is 1. The fourth-order valence-corrected chi connectivity index (χ4v) is 2.60. The highest BCUT2D eigenvalue weighted by molar-refractivity contribution is 6.02. The van der Waals surface area contributed by atoms with Crippen molar-refractivity contribution in [1.82, 2.24) is 9.97 Å². The molecule has 2 heterocycles. The number of hydrogen-bond acceptors (Lipinski definition) is 3. The number of alkyl halides is 3. The Labute approximate surface area is 159 Å². The summed E-state index contributed by atoms with van der Waals surface area (Å²) in [6.07, 6.45) is -1.65. The van der Waals surface area contributed by atoms with Crippen molar-refractivity contribution in [3.63, 3.8) is 0 Å². The molecule has 3 aromatic rings. The molecule has 0 spiro atoms. The van der Waals surface area contributed by atoms with Gasteiger partial charge in [-0.3, -0.25) is 9.98 Å². The Bertz CT molecular complexity index is 1040. The number of aliphatic imine (C=N–C) groups is 2. The van der Waals surface area contributed by atoms with E-state index in [0.29, 0.717) is 17.4 Å². The Hall–Kier alpha value is -3.49. The lowest BCUT2D eigenvalue weighted by Gasteiger charge is -2.14. The molecule has 0 amide bonds. The zero-order valence-corrected chi connectivity index (χ0v) is 14.9. The summed E-state index contributed by atoms with van der Waals surface area (Å²) in [5.74, 6) is 0.203. The van der Waals surface area contributed by atoms with Crippen LogP contribution in [0.1, 0.15) is 12.5 Å². The number of halogens is 3. The average molecular weight is 386 g/mol. The van der Waals surface area contributed by atoms with Gasteiger partial charge in [0.05, 0.1) is 11.3 Å². The van der Waals surface area contributed by atoms with Gasteiger partial charge in [0, 0.05) is 23.7 Å². The third-order valence-corrected chi connectivity index (χ3v) is 3.80. The Morgan fingerprint density at radius 2 is 2.00 bits per heavy atom. The van der Waals surface area contributed by atoms with Crippen molar-refractivity contribution in [3.05, 3.63) is 54.2 Å². The summed E-state index contributed by atoms with van der Waals surface area (Å²) >= 11 is 0. The summed E-state index contributed by atoms with van der Waals surface area (Å²) < 4.78 is 40.3. The van der Waals surface area contributed by atoms with Crippen molar-refractivity contribution in [2.45, 2.75) is 13.1 Å². The fourth-order valence-electron chi connectivity index (χ4n) is 2.60. The summed E-state index contributed by atoms with van der Waals surface area (Å²) in [7, 11) is 0. The van der Waals surface area contributed by atoms with Gasteiger partial charge in [0.2, 0.25) is 5.96 Å². The first kappa shape index (κ1) is 19.3. The number of nitrogens with two attached hydrogens (primary N) is 1. The normalized spacial score (nSPS) is 12.6. The zero-order chi connectivity index (χ0) is 20.1. The van der Waals surface area contributed by atoms with E-state index in [2.05, 4.69) is 25.3 Å². The minimum absolute atomic E-state index is 0.00194. The van der Waals surface area contributed by atoms with Gasteiger partial charge in [0.25, 0.3) is 0 Å². The molecule has 28 heavy (non-hydrogen) atoms. The number of rotatable bonds is 4. The van der Waals surface area contributed by atoms with Crippen LogP contribution >= 0.6 is 0 Å². The highest BCUT2D eigenvalue weighted by Crippen LogP contribution is 2.37. The van der Waals surface area contributed by atoms with Crippen LogP contribution < -0.4 is 11.1 Å². The lowest BCUT2D eigenvalue weighted by Crippen LogP contribution is -2.23. The first-order chi connectivity index (χ1) is 13.4. The third kappa shape index (κ3) is 4.25. The molecular formula is C19H17F3N6. The lowest BCUT2D eigenvalue weighted by atomic mass is 10.0. The number of hydrogen-bond donors (Lipinski definition) is 2. The van der Waals surface area contributed by atoms with Gasteiger partial charge in [0.15, 0.2) is 5.82 Å². The number of guanidine groups is 1. The molecular weight excluding hydrogens is 369 g/mol. The lowest BCUT2D eigenvalue weighted by molar-refractivity contribution is -0.137. The minimum atomic E-state index is -4.51. The van der Waals surface area contributed by atoms with Gasteiger partial charge in [-0.15, -0.1) is 0 Å². The van der Waals surface area contributed by atoms with E-state index in [9.17, 15) is 13.2 Å². The van der Waals surface area contributed by atoms with Crippen LogP contribution in [-0.4, -0.2) is 28.8 Å². The maximum Gasteiger partial charge on any atom is 0.417 e. The van der Waals surface area contributed by atoms with E-state index in [4.69, 9.17) is 5.73 Å². The molecule has 0 saturated heterocycles. The van der Waals surface area contributed by atoms with E-state index in [1.54, 1.807) is 24.4 Å². The maximum absolute atomic E-state index is 13.4. The van der Waals surface area contributed by atoms with Gasteiger partial charge >= 0.3 is 6.18 Å². The van der Waals surface area contributed by atoms with Crippen LogP contribution in [0.25, 0.3) is 22.2 Å². The predicted molar refractivity (Wildman–Crippen MR) is 104 cm³/mol. The largest absolute Gasteiger partial charge is 0.417 e. The number of nitrogens with one attached hydrogen (secondary N) is 1. The Morgan fingerprint density at radius 3 is 2.75 bits per heavy atom. The van der Waals surface area contributed by atoms with E-state index >= 15 is 0 Å². The number of aromatic nitrogens is 2. The molecule has 6 nitrogen and oxygen atoms in total. The summed E-state index contributed by atoms with van der Waals surface area (Å²) in [6, 6.07) is 10.3. The van der Waals surface area contributed by atoms with Crippen molar-refractivity contribution < 1.29 is 13.2 Å². The number of fused-ring (bicyclic) bond motifs is 1. The van der Waals surface area contributed by atoms with Gasteiger partial charge in [-0.2, -0.15) is 13.2 Å². The molecule has 0 aliphatic carbocycles. The molecule has 0 unspecified atom stereocenters. The Kier molecular flexibility index (Phi) is 5.53. The van der Waals surface area contributed by atoms with Crippen LogP contribution in [0.5, 0.6) is 0 Å². The standard InChI is InChI=1S/C19H17F3N6/c1-2-24-11-26-18(23)28-17-16-12(6-5-9-25-16)10-15(27-17)13-7-3-4-8-14(13)19(20,21)22/h3-11H,2H2,1H3,(H3,23,24,26,27,28). The summed E-state index contributed by atoms with van der Waals surface area (Å²) in [4.78, 5) is 16.4. The van der Waals surface area contributed by atoms with Crippen molar-refractivity contribution in [2.24, 2.45) is 15.7 Å². The van der Waals surface area contributed by atoms with Gasteiger partial charge < -0.3 is 11.1 Å². The number of benzene rings is 1. The molecule has 0 saturated carbocycles. The Balaban J connectivity index is 2.14. The quantitative estimate of drug-likeness (QED) is 0.522. The summed E-state index contributed by atoms with van der Waals surface area (Å²) in [5.41, 5.74) is 5.62. The van der Waals surface area contributed by atoms with Crippen LogP contribution in [0.4, 0.5) is 19.0 Å². The molecule has 0 atom stereocenters. The molecule has 3 N–H and O–H groups in total. The van der Waals surface area contributed by atoms with Crippen molar-refractivity contribution in [3.8, 4) is 11.3 Å². The smallest absolute Gasteiger partial charge is 0.369 e. The molecule has 0 bridgehead atoms. The van der Waals surface area contributed by atoms with Crippen LogP contribution in [0.15, 0.2) is 58.6 Å². The monoisotopic (exact) mass is 386 g/mol. The van der Waals surface area contributed by atoms with Gasteiger partial charge in [-0.25, -0.2) is 9.98 Å². The third-order valence-electron chi connectivity index (χ3n) is 3.80. The maximum atomic E-state index is 13.4. The molecule has 144 valence electrons. The van der Waals surface area contributed by atoms with Crippen molar-refractivity contribution >= 4 is 29.0 Å². The molecule has 0 aliphatic heterocycles. The summed E-state index contributed by atoms with van der Waals surface area (Å²) in [5, 5.41) is 3.41. The number of pyridine rings is 2. The predicted octanol–water partition coefficient (Wildman–Crippen LogP) is 4.09. The van der Waals surface area contributed by atoms with Gasteiger partial charge in [-0.05, 0) is 25.1 Å². The van der Waals surface area contributed by atoms with E-state index < -0.39 is 11.7 Å². The molecule has 3 rings (SSSR count). The second kappa shape index (κ2) is 8.03. The van der Waals surface area contributed by atoms with Gasteiger partial charge in [-0.1, -0.05) is 24.3 Å². The topological polar surface area (TPSA) is 88.5 Å². The molecule has 0 fully saturated rings. The van der Waals surface area contributed by atoms with E-state index in [-0.39, 0.29) is 23.0 Å². The van der Waals surface area contributed by atoms with Crippen molar-refractivity contribution in [2.75, 3.05) is 11.9 Å². The first-order valence-electron chi connectivity index (χ1n) is 8.41. The highest BCUT2D eigenvalue weighted by atomic mass is 19.4. The van der Waals surface area contributed by atoms with Crippen LogP contribution in [0, 0.1) is 0 Å². The average Bonchev–Trinajstić information content (AvgIpc) is 2.67. The van der Waals surface area contributed by atoms with Crippen LogP contribution in [0.2, 0.25) is 0 Å². The molecule has 0 radical (unpaired) electrons. The molecule has 1 aromatic carbocycles. The van der Waals surface area contributed by atoms with Crippen LogP contribution in [-0.2, 0) is 6.18 Å². The zero-order valence-electron chi connectivity index (χ0n) is 14.9. The summed E-state index contributed by atoms with van der Waals surface area (Å²) in [6.45, 7) is 2.39. The van der Waals surface area contributed by atoms with E-state index in [0.717, 1.165) is 6.07 Å². The second-order valence-corrected chi connectivity index (χ2v) is 5.73. The Morgan fingerprint density at radius 1 is 1.21 bits per heavy atom. The molecule has 0 aliphatic rings. The van der Waals surface area contributed by atoms with E-state index in [1.165, 1.54) is 24.5 Å². The SMILES string of the molecule is CCN=CN=C(N)Nc1nc(-c2ccccc2C(F)(F)F)cc2cccnc12. The minimum Gasteiger partial charge on any atom is -0.369 e. The first-order valence-corrected chi connectivity index (χ1v) is 8.41. The highest BCUT2D eigenvalue weighted by Gasteiger charge is 2.33. The number of nitrogens with zero attached hydrogens (tertiary/aromatic N) is 4. The fraction of sp³-hybridized carbons (Fsp3) is 0.158. The van der Waals surface area contributed by atoms with Gasteiger partial charge in [0.1, 0.15) is 11.9 Å². The van der Waals surface area contributed by atoms with Crippen LogP contribution in [0.3, 0.4) is 0 Å². The molecule has 9 heteroatoms.